The van der Waals surface area contributed by atoms with Crippen molar-refractivity contribution in [3.63, 3.8) is 0 Å². The summed E-state index contributed by atoms with van der Waals surface area (Å²) in [5.41, 5.74) is 2.27. The molecule has 1 amide bonds. The molecule has 5 nitrogen and oxygen atoms in total. The van der Waals surface area contributed by atoms with Crippen LogP contribution in [0.3, 0.4) is 0 Å². The van der Waals surface area contributed by atoms with Crippen LogP contribution in [0, 0.1) is 11.8 Å². The highest BCUT2D eigenvalue weighted by Gasteiger charge is 2.45. The van der Waals surface area contributed by atoms with E-state index in [-0.39, 0.29) is 23.7 Å². The van der Waals surface area contributed by atoms with Crippen LogP contribution in [-0.4, -0.2) is 34.1 Å². The van der Waals surface area contributed by atoms with Gasteiger partial charge in [0.05, 0.1) is 11.3 Å². The van der Waals surface area contributed by atoms with Crippen LogP contribution in [0.15, 0.2) is 24.3 Å². The molecule has 3 aliphatic rings. The Kier molecular flexibility index (Phi) is 4.01. The van der Waals surface area contributed by atoms with Crippen LogP contribution in [-0.2, 0) is 19.3 Å². The molecule has 2 fully saturated rings. The first-order chi connectivity index (χ1) is 13.4. The van der Waals surface area contributed by atoms with Crippen molar-refractivity contribution >= 4 is 5.91 Å². The normalized spacial score (nSPS) is 26.5. The Bertz CT molecular complexity index is 908. The van der Waals surface area contributed by atoms with Gasteiger partial charge in [-0.3, -0.25) is 9.89 Å². The van der Waals surface area contributed by atoms with Crippen LogP contribution in [0.1, 0.15) is 51.6 Å². The van der Waals surface area contributed by atoms with E-state index >= 15 is 0 Å². The van der Waals surface area contributed by atoms with Gasteiger partial charge in [0, 0.05) is 31.7 Å². The zero-order valence-electron chi connectivity index (χ0n) is 15.2. The fourth-order valence-corrected chi connectivity index (χ4v) is 5.21. The summed E-state index contributed by atoms with van der Waals surface area (Å²) in [6, 6.07) is 5.91. The number of hydrogen-bond donors (Lipinski definition) is 2. The van der Waals surface area contributed by atoms with Gasteiger partial charge in [-0.05, 0) is 42.2 Å². The van der Waals surface area contributed by atoms with Gasteiger partial charge < -0.3 is 10.2 Å². The number of nitrogens with zero attached hydrogens (tertiary/aromatic N) is 2. The summed E-state index contributed by atoms with van der Waals surface area (Å²) in [4.78, 5) is 14.7. The molecule has 2 aromatic rings. The van der Waals surface area contributed by atoms with E-state index in [0.717, 1.165) is 11.3 Å². The zero-order chi connectivity index (χ0) is 19.5. The monoisotopic (exact) mass is 390 g/mol. The van der Waals surface area contributed by atoms with E-state index in [1.54, 1.807) is 12.1 Å². The lowest BCUT2D eigenvalue weighted by Gasteiger charge is -2.21. The Labute approximate surface area is 160 Å². The van der Waals surface area contributed by atoms with Gasteiger partial charge in [-0.15, -0.1) is 0 Å². The number of benzene rings is 1. The predicted molar refractivity (Wildman–Crippen MR) is 95.4 cm³/mol. The van der Waals surface area contributed by atoms with E-state index < -0.39 is 11.7 Å². The van der Waals surface area contributed by atoms with E-state index in [2.05, 4.69) is 15.5 Å². The van der Waals surface area contributed by atoms with Crippen LogP contribution >= 0.6 is 0 Å². The van der Waals surface area contributed by atoms with Crippen molar-refractivity contribution in [2.45, 2.75) is 38.0 Å². The Balaban J connectivity index is 1.30. The maximum Gasteiger partial charge on any atom is 0.416 e. The first kappa shape index (κ1) is 17.7. The number of carbonyl (C=O) groups excluding carboxylic acids is 1. The molecule has 0 radical (unpaired) electrons. The smallest absolute Gasteiger partial charge is 0.337 e. The molecule has 5 rings (SSSR count). The number of rotatable bonds is 2. The minimum atomic E-state index is -4.33. The van der Waals surface area contributed by atoms with Crippen LogP contribution in [0.5, 0.6) is 0 Å². The average Bonchev–Trinajstić information content (AvgIpc) is 3.39. The SMILES string of the molecule is O=C(c1n[nH]c2c1CNC2)N1CC2CC(c3ccccc3C(F)(F)F)C[C@H]2C1. The quantitative estimate of drug-likeness (QED) is 0.827. The molecule has 2 N–H and O–H groups in total. The van der Waals surface area contributed by atoms with E-state index in [1.807, 2.05) is 4.90 Å². The van der Waals surface area contributed by atoms with Gasteiger partial charge in [-0.2, -0.15) is 18.3 Å². The van der Waals surface area contributed by atoms with Gasteiger partial charge in [-0.25, -0.2) is 0 Å². The number of fused-ring (bicyclic) bond motifs is 2. The minimum absolute atomic E-state index is 0.0668. The van der Waals surface area contributed by atoms with Crippen molar-refractivity contribution in [1.29, 1.82) is 0 Å². The summed E-state index contributed by atoms with van der Waals surface area (Å²) in [6.07, 6.45) is -2.94. The molecular weight excluding hydrogens is 369 g/mol. The number of alkyl halides is 3. The summed E-state index contributed by atoms with van der Waals surface area (Å²) in [5, 5.41) is 10.3. The molecule has 0 bridgehead atoms. The van der Waals surface area contributed by atoms with Crippen molar-refractivity contribution in [2.75, 3.05) is 13.1 Å². The third kappa shape index (κ3) is 2.82. The van der Waals surface area contributed by atoms with E-state index in [1.165, 1.54) is 12.1 Å². The molecule has 1 aromatic heterocycles. The lowest BCUT2D eigenvalue weighted by atomic mass is 9.91. The second kappa shape index (κ2) is 6.34. The number of amides is 1. The van der Waals surface area contributed by atoms with Crippen LogP contribution < -0.4 is 5.32 Å². The summed E-state index contributed by atoms with van der Waals surface area (Å²) in [5.74, 6) is 0.340. The number of aromatic amines is 1. The standard InChI is InChI=1S/C20H21F3N4O/c21-20(22,23)16-4-2-1-3-14(16)11-5-12-9-27(10-13(12)6-11)19(28)18-15-7-24-8-17(15)25-26-18/h1-4,11-13,24H,5-10H2,(H,25,26)/t11?,12-,13?/m0/s1. The third-order valence-electron chi connectivity index (χ3n) is 6.50. The van der Waals surface area contributed by atoms with Gasteiger partial charge in [0.15, 0.2) is 5.69 Å². The molecule has 148 valence electrons. The van der Waals surface area contributed by atoms with Crippen LogP contribution in [0.4, 0.5) is 13.2 Å². The summed E-state index contributed by atoms with van der Waals surface area (Å²) >= 11 is 0. The highest BCUT2D eigenvalue weighted by Crippen LogP contribution is 2.49. The second-order valence-electron chi connectivity index (χ2n) is 8.12. The molecule has 28 heavy (non-hydrogen) atoms. The van der Waals surface area contributed by atoms with Crippen molar-refractivity contribution in [2.24, 2.45) is 11.8 Å². The van der Waals surface area contributed by atoms with Gasteiger partial charge in [0.1, 0.15) is 0 Å². The highest BCUT2D eigenvalue weighted by molar-refractivity contribution is 5.94. The number of H-pyrrole nitrogens is 1. The van der Waals surface area contributed by atoms with E-state index in [0.29, 0.717) is 50.3 Å². The van der Waals surface area contributed by atoms with Gasteiger partial charge in [-0.1, -0.05) is 18.2 Å². The van der Waals surface area contributed by atoms with Gasteiger partial charge in [0.25, 0.3) is 5.91 Å². The second-order valence-corrected chi connectivity index (χ2v) is 8.12. The first-order valence-corrected chi connectivity index (χ1v) is 9.64. The maximum atomic E-state index is 13.4. The number of hydrogen-bond acceptors (Lipinski definition) is 3. The number of aromatic nitrogens is 2. The molecule has 1 aromatic carbocycles. The number of carbonyl (C=O) groups is 1. The Morgan fingerprint density at radius 1 is 1.11 bits per heavy atom. The van der Waals surface area contributed by atoms with Crippen molar-refractivity contribution < 1.29 is 18.0 Å². The summed E-state index contributed by atoms with van der Waals surface area (Å²) in [7, 11) is 0. The van der Waals surface area contributed by atoms with E-state index in [9.17, 15) is 18.0 Å². The molecular formula is C20H21F3N4O. The van der Waals surface area contributed by atoms with E-state index in [4.69, 9.17) is 0 Å². The van der Waals surface area contributed by atoms with Crippen LogP contribution in [0.25, 0.3) is 0 Å². The number of likely N-dealkylation sites (tertiary alicyclic amines) is 1. The molecule has 1 saturated heterocycles. The summed E-state index contributed by atoms with van der Waals surface area (Å²) < 4.78 is 40.1. The number of halogens is 3. The molecule has 3 heterocycles. The van der Waals surface area contributed by atoms with Crippen LogP contribution in [0.2, 0.25) is 0 Å². The fraction of sp³-hybridized carbons (Fsp3) is 0.500. The Hall–Kier alpha value is -2.35. The fourth-order valence-electron chi connectivity index (χ4n) is 5.21. The van der Waals surface area contributed by atoms with Crippen molar-refractivity contribution in [3.8, 4) is 0 Å². The summed E-state index contributed by atoms with van der Waals surface area (Å²) in [6.45, 7) is 2.54. The molecule has 2 unspecified atom stereocenters. The topological polar surface area (TPSA) is 61.0 Å². The first-order valence-electron chi connectivity index (χ1n) is 9.64. The highest BCUT2D eigenvalue weighted by atomic mass is 19.4. The molecule has 3 atom stereocenters. The third-order valence-corrected chi connectivity index (χ3v) is 6.50. The average molecular weight is 390 g/mol. The number of nitrogens with one attached hydrogen (secondary N) is 2. The minimum Gasteiger partial charge on any atom is -0.337 e. The Morgan fingerprint density at radius 3 is 2.54 bits per heavy atom. The Morgan fingerprint density at radius 2 is 1.82 bits per heavy atom. The lowest BCUT2D eigenvalue weighted by molar-refractivity contribution is -0.138. The van der Waals surface area contributed by atoms with Gasteiger partial charge >= 0.3 is 6.18 Å². The maximum absolute atomic E-state index is 13.4. The van der Waals surface area contributed by atoms with Gasteiger partial charge in [0.2, 0.25) is 0 Å². The van der Waals surface area contributed by atoms with Crippen molar-refractivity contribution in [3.05, 3.63) is 52.3 Å². The van der Waals surface area contributed by atoms with Crippen molar-refractivity contribution in [1.82, 2.24) is 20.4 Å². The molecule has 1 aliphatic carbocycles. The predicted octanol–water partition coefficient (Wildman–Crippen LogP) is 3.30. The molecule has 1 saturated carbocycles. The largest absolute Gasteiger partial charge is 0.416 e. The lowest BCUT2D eigenvalue weighted by Crippen LogP contribution is -2.31. The molecule has 8 heteroatoms. The zero-order valence-corrected chi connectivity index (χ0v) is 15.2. The molecule has 2 aliphatic heterocycles. The molecule has 0 spiro atoms.